The van der Waals surface area contributed by atoms with Gasteiger partial charge in [-0.2, -0.15) is 35.8 Å². The molecule has 0 amide bonds. The molecular weight excluding hydrogens is 439 g/mol. The molecule has 1 N–H and O–H groups in total. The molecule has 3 nitrogen and oxygen atoms in total. The van der Waals surface area contributed by atoms with Gasteiger partial charge in [0.25, 0.3) is 0 Å². The Hall–Kier alpha value is 0.0222. The van der Waals surface area contributed by atoms with Gasteiger partial charge in [-0.1, -0.05) is 6.47 Å². The molecule has 0 fully saturated rings. The van der Waals surface area contributed by atoms with Gasteiger partial charge in [0.2, 0.25) is 0 Å². The van der Waals surface area contributed by atoms with E-state index >= 15 is 0 Å². The van der Waals surface area contributed by atoms with Gasteiger partial charge in [-0.25, -0.2) is 0 Å². The van der Waals surface area contributed by atoms with E-state index in [0.29, 0.717) is 6.47 Å². The molecule has 5 heteroatoms. The number of hydrogen-bond acceptors (Lipinski definition) is 1. The topological polar surface area (TPSA) is 51.4 Å². The molecule has 0 bridgehead atoms. The van der Waals surface area contributed by atoms with Crippen molar-refractivity contribution in [3.63, 3.8) is 0 Å². The Morgan fingerprint density at radius 1 is 1.40 bits per heavy atom. The number of hydrogen-bond donors (Lipinski definition) is 1. The number of benzene rings is 1. The van der Waals surface area contributed by atoms with Crippen molar-refractivity contribution in [1.29, 1.82) is 0 Å². The molecule has 1 aromatic carbocycles. The van der Waals surface area contributed by atoms with Gasteiger partial charge in [0, 0.05) is 32.7 Å². The molecule has 1 heterocycles. The van der Waals surface area contributed by atoms with Crippen LogP contribution in [0.25, 0.3) is 10.9 Å². The van der Waals surface area contributed by atoms with Gasteiger partial charge in [0.15, 0.2) is 0 Å². The Bertz CT molecular complexity index is 335. The van der Waals surface area contributed by atoms with E-state index in [1.165, 1.54) is 0 Å². The minimum Gasteiger partial charge on any atom is -0.686 e. The van der Waals surface area contributed by atoms with Gasteiger partial charge in [0.05, 0.1) is 0 Å². The standard InChI is InChI=1S/C8H5N.CHO2.CH3.W.Y/c1-2-4-8-7(3-1)5-6-9-8;2-1-3;;;/h1-3,5-6H;(H,2,3);1H3;;/q-2;2*-1;+2;. The maximum atomic E-state index is 8.24. The van der Waals surface area contributed by atoms with Crippen LogP contribution in [-0.4, -0.2) is 11.6 Å². The average Bonchev–Trinajstić information content (AvgIpc) is 2.52. The van der Waals surface area contributed by atoms with E-state index < -0.39 is 0 Å². The largest absolute Gasteiger partial charge is 2.00 e. The Labute approximate surface area is 129 Å². The normalized spacial score (nSPS) is 6.93. The second-order valence-corrected chi connectivity index (χ2v) is 2.01. The maximum absolute atomic E-state index is 8.24. The van der Waals surface area contributed by atoms with Crippen molar-refractivity contribution >= 4 is 17.4 Å². The molecule has 0 saturated carbocycles. The van der Waals surface area contributed by atoms with Crippen LogP contribution < -0.4 is 4.98 Å². The fourth-order valence-corrected chi connectivity index (χ4v) is 0.879. The van der Waals surface area contributed by atoms with E-state index in [4.69, 9.17) is 9.90 Å². The summed E-state index contributed by atoms with van der Waals surface area (Å²) in [5.41, 5.74) is 0.956. The Balaban J connectivity index is -0.000000220. The SMILES string of the molecule is O=[C-]O.[CH3-].[W+2].[Y].[c-]1cccc2cc[n-]c12. The van der Waals surface area contributed by atoms with Crippen molar-refractivity contribution in [2.24, 2.45) is 0 Å². The molecule has 2 rings (SSSR count). The summed E-state index contributed by atoms with van der Waals surface area (Å²) in [7, 11) is 0. The molecule has 0 saturated heterocycles. The molecular formula is C10H9NO2WY-2. The van der Waals surface area contributed by atoms with Crippen LogP contribution in [0.3, 0.4) is 0 Å². The maximum Gasteiger partial charge on any atom is 2.00 e. The van der Waals surface area contributed by atoms with Crippen molar-refractivity contribution < 1.29 is 63.7 Å². The minimum atomic E-state index is 0. The monoisotopic (exact) mass is 448 g/mol. The van der Waals surface area contributed by atoms with E-state index in [9.17, 15) is 0 Å². The number of nitrogens with zero attached hydrogens (tertiary/aromatic N) is 1. The second-order valence-electron chi connectivity index (χ2n) is 2.01. The fraction of sp³-hybridized carbons (Fsp3) is 0. The number of aliphatic hydroxyl groups excluding tert-OH is 1. The molecule has 0 spiro atoms. The molecule has 77 valence electrons. The van der Waals surface area contributed by atoms with Crippen LogP contribution in [0, 0.1) is 13.5 Å². The van der Waals surface area contributed by atoms with Crippen molar-refractivity contribution in [3.8, 4) is 0 Å². The van der Waals surface area contributed by atoms with Gasteiger partial charge >= 0.3 is 21.1 Å². The molecule has 0 unspecified atom stereocenters. The van der Waals surface area contributed by atoms with Crippen LogP contribution in [0.1, 0.15) is 0 Å². The van der Waals surface area contributed by atoms with Crippen LogP contribution in [0.4, 0.5) is 0 Å². The van der Waals surface area contributed by atoms with Gasteiger partial charge in [-0.15, -0.1) is 6.07 Å². The first-order chi connectivity index (χ1) is 5.88. The van der Waals surface area contributed by atoms with Crippen molar-refractivity contribution in [2.75, 3.05) is 0 Å². The van der Waals surface area contributed by atoms with Crippen LogP contribution in [-0.2, 0) is 58.6 Å². The fourth-order valence-electron chi connectivity index (χ4n) is 0.879. The van der Waals surface area contributed by atoms with Crippen molar-refractivity contribution in [2.45, 2.75) is 0 Å². The van der Waals surface area contributed by atoms with Gasteiger partial charge in [-0.3, -0.25) is 5.52 Å². The summed E-state index contributed by atoms with van der Waals surface area (Å²) in [5, 5.41) is 7.93. The number of rotatable bonds is 0. The summed E-state index contributed by atoms with van der Waals surface area (Å²) in [4.78, 5) is 12.3. The third-order valence-electron chi connectivity index (χ3n) is 1.32. The van der Waals surface area contributed by atoms with Crippen molar-refractivity contribution in [1.82, 2.24) is 4.98 Å². The van der Waals surface area contributed by atoms with Crippen LogP contribution >= 0.6 is 0 Å². The smallest absolute Gasteiger partial charge is 0.686 e. The summed E-state index contributed by atoms with van der Waals surface area (Å²) < 4.78 is 0. The molecule has 0 atom stereocenters. The first-order valence-corrected chi connectivity index (χ1v) is 3.28. The number of aromatic nitrogens is 1. The first kappa shape index (κ1) is 20.4. The third-order valence-corrected chi connectivity index (χ3v) is 1.32. The molecule has 1 aromatic heterocycles. The summed E-state index contributed by atoms with van der Waals surface area (Å²) in [6.45, 7) is 0.500. The van der Waals surface area contributed by atoms with Crippen LogP contribution in [0.15, 0.2) is 30.5 Å². The summed E-state index contributed by atoms with van der Waals surface area (Å²) in [5.74, 6) is 0. The van der Waals surface area contributed by atoms with Crippen LogP contribution in [0.2, 0.25) is 0 Å². The molecule has 0 aliphatic heterocycles. The third kappa shape index (κ3) is 6.99. The van der Waals surface area contributed by atoms with Gasteiger partial charge in [-0.05, 0) is 0 Å². The molecule has 1 radical (unpaired) electrons. The van der Waals surface area contributed by atoms with Crippen molar-refractivity contribution in [3.05, 3.63) is 44.0 Å². The number of para-hydroxylation sites is 1. The predicted octanol–water partition coefficient (Wildman–Crippen LogP) is 1.65. The molecule has 15 heavy (non-hydrogen) atoms. The summed E-state index contributed by atoms with van der Waals surface area (Å²) >= 11 is 0. The average molecular weight is 448 g/mol. The number of fused-ring (bicyclic) bond motifs is 1. The minimum absolute atomic E-state index is 0. The second kappa shape index (κ2) is 12.1. The first-order valence-electron chi connectivity index (χ1n) is 3.28. The molecule has 0 aliphatic carbocycles. The molecule has 2 aromatic rings. The van der Waals surface area contributed by atoms with E-state index in [0.717, 1.165) is 10.9 Å². The quantitative estimate of drug-likeness (QED) is 0.625. The van der Waals surface area contributed by atoms with E-state index in [1.54, 1.807) is 6.20 Å². The predicted molar refractivity (Wildman–Crippen MR) is 50.8 cm³/mol. The van der Waals surface area contributed by atoms with Crippen LogP contribution in [0.5, 0.6) is 0 Å². The summed E-state index contributed by atoms with van der Waals surface area (Å²) in [6, 6.07) is 10.9. The van der Waals surface area contributed by atoms with E-state index in [-0.39, 0.29) is 61.2 Å². The Morgan fingerprint density at radius 3 is 2.53 bits per heavy atom. The zero-order valence-electron chi connectivity index (χ0n) is 8.18. The Kier molecular flexibility index (Phi) is 16.5. The van der Waals surface area contributed by atoms with E-state index in [1.807, 2.05) is 24.3 Å². The summed E-state index contributed by atoms with van der Waals surface area (Å²) in [6.07, 6.45) is 1.79. The zero-order chi connectivity index (χ0) is 8.81. The van der Waals surface area contributed by atoms with Gasteiger partial charge < -0.3 is 22.3 Å². The Morgan fingerprint density at radius 2 is 2.00 bits per heavy atom. The van der Waals surface area contributed by atoms with Gasteiger partial charge in [0.1, 0.15) is 0 Å². The zero-order valence-corrected chi connectivity index (χ0v) is 13.9. The van der Waals surface area contributed by atoms with E-state index in [2.05, 4.69) is 11.1 Å². The molecule has 0 aliphatic rings.